The third kappa shape index (κ3) is 5.94. The van der Waals surface area contributed by atoms with Gasteiger partial charge in [-0.25, -0.2) is 13.7 Å². The molecule has 6 nitrogen and oxygen atoms in total. The monoisotopic (exact) mass is 301 g/mol. The molecule has 0 bridgehead atoms. The number of benzene rings is 1. The number of nitrogens with one attached hydrogen (secondary N) is 1. The lowest BCUT2D eigenvalue weighted by Crippen LogP contribution is -2.16. The van der Waals surface area contributed by atoms with Crippen LogP contribution in [-0.2, 0) is 14.9 Å². The molecule has 20 heavy (non-hydrogen) atoms. The van der Waals surface area contributed by atoms with E-state index in [1.54, 1.807) is 24.3 Å². The molecule has 0 aliphatic heterocycles. The molecule has 2 N–H and O–H groups in total. The number of sulfonamides is 1. The van der Waals surface area contributed by atoms with Crippen LogP contribution in [0, 0.1) is 0 Å². The SMILES string of the molecule is CCCCS(=O)(=O)Nc1ccc(O/C=C(\C)OO)cc1. The van der Waals surface area contributed by atoms with Gasteiger partial charge in [0.2, 0.25) is 10.0 Å². The van der Waals surface area contributed by atoms with Gasteiger partial charge in [-0.05, 0) is 30.7 Å². The van der Waals surface area contributed by atoms with Crippen LogP contribution in [0.15, 0.2) is 36.3 Å². The minimum atomic E-state index is -3.30. The fourth-order valence-electron chi connectivity index (χ4n) is 1.34. The summed E-state index contributed by atoms with van der Waals surface area (Å²) in [6.07, 6.45) is 2.69. The van der Waals surface area contributed by atoms with E-state index in [9.17, 15) is 8.42 Å². The Morgan fingerprint density at radius 3 is 2.55 bits per heavy atom. The van der Waals surface area contributed by atoms with Gasteiger partial charge >= 0.3 is 0 Å². The topological polar surface area (TPSA) is 84.9 Å². The number of hydrogen-bond acceptors (Lipinski definition) is 5. The normalized spacial score (nSPS) is 12.1. The maximum absolute atomic E-state index is 11.7. The lowest BCUT2D eigenvalue weighted by molar-refractivity contribution is -0.203. The smallest absolute Gasteiger partial charge is 0.232 e. The van der Waals surface area contributed by atoms with Crippen LogP contribution in [0.1, 0.15) is 26.7 Å². The highest BCUT2D eigenvalue weighted by molar-refractivity contribution is 7.92. The lowest BCUT2D eigenvalue weighted by atomic mass is 10.3. The van der Waals surface area contributed by atoms with E-state index in [-0.39, 0.29) is 11.5 Å². The maximum atomic E-state index is 11.7. The zero-order chi connectivity index (χ0) is 15.0. The standard InChI is InChI=1S/C13H19NO5S/c1-3-4-9-20(16,17)14-12-5-7-13(8-6-12)18-10-11(2)19-15/h5-8,10,14-15H,3-4,9H2,1-2H3/b11-10+. The highest BCUT2D eigenvalue weighted by atomic mass is 32.2. The summed E-state index contributed by atoms with van der Waals surface area (Å²) in [5.74, 6) is 0.810. The van der Waals surface area contributed by atoms with Crippen LogP contribution in [0.2, 0.25) is 0 Å². The van der Waals surface area contributed by atoms with E-state index >= 15 is 0 Å². The Morgan fingerprint density at radius 1 is 1.35 bits per heavy atom. The van der Waals surface area contributed by atoms with E-state index in [0.717, 1.165) is 6.42 Å². The molecule has 0 saturated heterocycles. The van der Waals surface area contributed by atoms with Gasteiger partial charge in [0.05, 0.1) is 5.75 Å². The second-order valence-electron chi connectivity index (χ2n) is 4.24. The van der Waals surface area contributed by atoms with E-state index in [1.165, 1.54) is 13.2 Å². The molecule has 0 aromatic heterocycles. The third-order valence-corrected chi connectivity index (χ3v) is 3.77. The number of allylic oxidation sites excluding steroid dienone is 1. The molecule has 1 aromatic carbocycles. The molecule has 1 rings (SSSR count). The molecule has 1 aromatic rings. The van der Waals surface area contributed by atoms with Crippen molar-refractivity contribution in [2.24, 2.45) is 0 Å². The molecule has 112 valence electrons. The van der Waals surface area contributed by atoms with Gasteiger partial charge in [0.1, 0.15) is 12.0 Å². The van der Waals surface area contributed by atoms with Crippen LogP contribution in [0.5, 0.6) is 5.75 Å². The van der Waals surface area contributed by atoms with Crippen molar-refractivity contribution in [1.29, 1.82) is 0 Å². The number of hydrogen-bond donors (Lipinski definition) is 2. The van der Waals surface area contributed by atoms with Gasteiger partial charge < -0.3 is 9.62 Å². The zero-order valence-electron chi connectivity index (χ0n) is 11.5. The Hall–Kier alpha value is -1.73. The maximum Gasteiger partial charge on any atom is 0.232 e. The van der Waals surface area contributed by atoms with Crippen molar-refractivity contribution >= 4 is 15.7 Å². The van der Waals surface area contributed by atoms with Crippen LogP contribution in [0.4, 0.5) is 5.69 Å². The largest absolute Gasteiger partial charge is 0.461 e. The van der Waals surface area contributed by atoms with Gasteiger partial charge in [-0.1, -0.05) is 13.3 Å². The molecule has 0 spiro atoms. The van der Waals surface area contributed by atoms with Gasteiger partial charge in [0, 0.05) is 12.6 Å². The van der Waals surface area contributed by atoms with Crippen molar-refractivity contribution in [3.63, 3.8) is 0 Å². The summed E-state index contributed by atoms with van der Waals surface area (Å²) in [6, 6.07) is 6.42. The van der Waals surface area contributed by atoms with E-state index < -0.39 is 10.0 Å². The molecule has 0 saturated carbocycles. The quantitative estimate of drug-likeness (QED) is 0.438. The minimum absolute atomic E-state index is 0.109. The molecule has 0 atom stereocenters. The Bertz CT molecular complexity index is 536. The molecule has 7 heteroatoms. The van der Waals surface area contributed by atoms with Gasteiger partial charge in [0.25, 0.3) is 0 Å². The second-order valence-corrected chi connectivity index (χ2v) is 6.08. The number of ether oxygens (including phenoxy) is 1. The molecule has 0 heterocycles. The molecule has 0 fully saturated rings. The van der Waals surface area contributed by atoms with E-state index in [2.05, 4.69) is 9.61 Å². The first kappa shape index (κ1) is 16.3. The lowest BCUT2D eigenvalue weighted by Gasteiger charge is -2.08. The molecule has 0 radical (unpaired) electrons. The van der Waals surface area contributed by atoms with Crippen LogP contribution in [-0.4, -0.2) is 19.4 Å². The van der Waals surface area contributed by atoms with Crippen molar-refractivity contribution in [2.45, 2.75) is 26.7 Å². The van der Waals surface area contributed by atoms with Crippen molar-refractivity contribution < 1.29 is 23.3 Å². The Labute approximate surface area is 119 Å². The average molecular weight is 301 g/mol. The van der Waals surface area contributed by atoms with Crippen molar-refractivity contribution in [2.75, 3.05) is 10.5 Å². The van der Waals surface area contributed by atoms with Crippen molar-refractivity contribution in [3.8, 4) is 5.75 Å². The Kier molecular flexibility index (Phi) is 6.33. The minimum Gasteiger partial charge on any atom is -0.461 e. The van der Waals surface area contributed by atoms with Gasteiger partial charge in [-0.15, -0.1) is 0 Å². The molecular formula is C13H19NO5S. The van der Waals surface area contributed by atoms with Crippen LogP contribution in [0.3, 0.4) is 0 Å². The molecular weight excluding hydrogens is 282 g/mol. The van der Waals surface area contributed by atoms with Gasteiger partial charge in [-0.3, -0.25) is 4.72 Å². The van der Waals surface area contributed by atoms with Gasteiger partial charge in [0.15, 0.2) is 5.76 Å². The Morgan fingerprint density at radius 2 is 2.00 bits per heavy atom. The van der Waals surface area contributed by atoms with Crippen LogP contribution in [0.25, 0.3) is 0 Å². The van der Waals surface area contributed by atoms with Crippen molar-refractivity contribution in [1.82, 2.24) is 0 Å². The predicted octanol–water partition coefficient (Wildman–Crippen LogP) is 2.96. The summed E-state index contributed by atoms with van der Waals surface area (Å²) in [4.78, 5) is 3.94. The summed E-state index contributed by atoms with van der Waals surface area (Å²) in [5.41, 5.74) is 0.479. The van der Waals surface area contributed by atoms with Gasteiger partial charge in [-0.2, -0.15) is 0 Å². The molecule has 0 amide bonds. The summed E-state index contributed by atoms with van der Waals surface area (Å²) in [7, 11) is -3.30. The summed E-state index contributed by atoms with van der Waals surface area (Å²) >= 11 is 0. The predicted molar refractivity (Wildman–Crippen MR) is 76.9 cm³/mol. The van der Waals surface area contributed by atoms with Crippen molar-refractivity contribution in [3.05, 3.63) is 36.3 Å². The molecule has 0 aliphatic carbocycles. The zero-order valence-corrected chi connectivity index (χ0v) is 12.3. The summed E-state index contributed by atoms with van der Waals surface area (Å²) < 4.78 is 31.1. The summed E-state index contributed by atoms with van der Waals surface area (Å²) in [6.45, 7) is 3.46. The Balaban J connectivity index is 2.63. The molecule has 0 aliphatic rings. The molecule has 0 unspecified atom stereocenters. The highest BCUT2D eigenvalue weighted by Crippen LogP contribution is 2.17. The third-order valence-electron chi connectivity index (χ3n) is 2.40. The van der Waals surface area contributed by atoms with E-state index in [1.807, 2.05) is 6.92 Å². The first-order chi connectivity index (χ1) is 9.46. The number of rotatable bonds is 8. The first-order valence-corrected chi connectivity index (χ1v) is 7.87. The number of anilines is 1. The van der Waals surface area contributed by atoms with E-state index in [0.29, 0.717) is 17.9 Å². The first-order valence-electron chi connectivity index (χ1n) is 6.22. The fourth-order valence-corrected chi connectivity index (χ4v) is 2.61. The highest BCUT2D eigenvalue weighted by Gasteiger charge is 2.09. The number of unbranched alkanes of at least 4 members (excludes halogenated alkanes) is 1. The second kappa shape index (κ2) is 7.76. The summed E-state index contributed by atoms with van der Waals surface area (Å²) in [5, 5.41) is 8.33. The average Bonchev–Trinajstić information content (AvgIpc) is 2.43. The fraction of sp³-hybridized carbons (Fsp3) is 0.385. The van der Waals surface area contributed by atoms with E-state index in [4.69, 9.17) is 9.99 Å². The van der Waals surface area contributed by atoms with Crippen LogP contribution < -0.4 is 9.46 Å². The van der Waals surface area contributed by atoms with Crippen LogP contribution >= 0.6 is 0 Å².